The van der Waals surface area contributed by atoms with Crippen LogP contribution < -0.4 is 9.47 Å². The van der Waals surface area contributed by atoms with Crippen LogP contribution in [0.3, 0.4) is 0 Å². The highest BCUT2D eigenvalue weighted by Gasteiger charge is 2.23. The molecule has 2 aliphatic carbocycles. The molecule has 2 aromatic rings. The second-order valence-corrected chi connectivity index (χ2v) is 16.7. The Hall–Kier alpha value is -3.54. The summed E-state index contributed by atoms with van der Waals surface area (Å²) in [6, 6.07) is 14.0. The van der Waals surface area contributed by atoms with Gasteiger partial charge >= 0.3 is 11.9 Å². The van der Waals surface area contributed by atoms with E-state index in [0.29, 0.717) is 47.7 Å². The van der Waals surface area contributed by atoms with E-state index in [1.165, 1.54) is 128 Å². The van der Waals surface area contributed by atoms with Gasteiger partial charge in [-0.15, -0.1) is 0 Å². The van der Waals surface area contributed by atoms with Crippen LogP contribution in [-0.4, -0.2) is 37.4 Å². The summed E-state index contributed by atoms with van der Waals surface area (Å²) in [5.41, 5.74) is 0.836. The predicted molar refractivity (Wildman–Crippen MR) is 230 cm³/mol. The standard InChI is InChI=1S/C50H74O6/c1-5-7-9-11-13-17-41-21-25-43(26-22-41)19-15-37-53-47-33-29-45(30-34-47)49(51)55-39(3)40(4)56-50(52)46-31-35-48(36-32-46)54-38-16-20-44-27-23-42(24-28-44)18-14-12-10-8-6-2/h15-16,19-20,29-36,39-44H,5-14,17-18,21-28,37-38H2,1-4H3/t39-,40-,41-,42-,43-,44-/m1/s1. The third kappa shape index (κ3) is 17.3. The zero-order valence-electron chi connectivity index (χ0n) is 35.4. The van der Waals surface area contributed by atoms with Crippen molar-refractivity contribution in [2.45, 2.75) is 168 Å². The van der Waals surface area contributed by atoms with E-state index in [1.807, 2.05) is 0 Å². The number of carbonyl (C=O) groups is 2. The maximum Gasteiger partial charge on any atom is 0.338 e. The SMILES string of the molecule is CCCCCCC[C@H]1CC[C@H](C=CCOc2ccc(C(=O)O[C@H](C)[C@@H](C)OC(=O)c3ccc(OCC=C[C@H]4CC[C@H](CCCCCCC)CC4)cc3)cc2)CC1. The summed E-state index contributed by atoms with van der Waals surface area (Å²) in [6.07, 6.45) is 34.7. The van der Waals surface area contributed by atoms with Gasteiger partial charge in [0.15, 0.2) is 0 Å². The Morgan fingerprint density at radius 3 is 1.25 bits per heavy atom. The van der Waals surface area contributed by atoms with Crippen molar-refractivity contribution in [1.29, 1.82) is 0 Å². The number of carbonyl (C=O) groups excluding carboxylic acids is 2. The summed E-state index contributed by atoms with van der Waals surface area (Å²) < 4.78 is 23.1. The largest absolute Gasteiger partial charge is 0.490 e. The molecule has 6 nitrogen and oxygen atoms in total. The number of hydrogen-bond acceptors (Lipinski definition) is 6. The van der Waals surface area contributed by atoms with Gasteiger partial charge in [-0.05, 0) is 137 Å². The summed E-state index contributed by atoms with van der Waals surface area (Å²) in [4.78, 5) is 25.7. The fourth-order valence-corrected chi connectivity index (χ4v) is 8.24. The Balaban J connectivity index is 1.07. The van der Waals surface area contributed by atoms with E-state index in [1.54, 1.807) is 62.4 Å². The van der Waals surface area contributed by atoms with Gasteiger partial charge < -0.3 is 18.9 Å². The van der Waals surface area contributed by atoms with Gasteiger partial charge in [0.25, 0.3) is 0 Å². The van der Waals surface area contributed by atoms with Crippen LogP contribution in [0.4, 0.5) is 0 Å². The lowest BCUT2D eigenvalue weighted by Crippen LogP contribution is -2.30. The van der Waals surface area contributed by atoms with Crippen LogP contribution in [0, 0.1) is 23.7 Å². The average Bonchev–Trinajstić information content (AvgIpc) is 3.22. The number of ether oxygens (including phenoxy) is 4. The summed E-state index contributed by atoms with van der Waals surface area (Å²) in [5, 5.41) is 0. The summed E-state index contributed by atoms with van der Waals surface area (Å²) in [6.45, 7) is 9.03. The second-order valence-electron chi connectivity index (χ2n) is 16.7. The van der Waals surface area contributed by atoms with Crippen molar-refractivity contribution in [2.24, 2.45) is 23.7 Å². The van der Waals surface area contributed by atoms with E-state index in [9.17, 15) is 9.59 Å². The highest BCUT2D eigenvalue weighted by atomic mass is 16.6. The molecule has 0 saturated heterocycles. The first-order valence-electron chi connectivity index (χ1n) is 22.6. The van der Waals surface area contributed by atoms with Gasteiger partial charge in [-0.3, -0.25) is 0 Å². The van der Waals surface area contributed by atoms with Crippen LogP contribution in [0.2, 0.25) is 0 Å². The minimum atomic E-state index is -0.631. The first-order valence-corrected chi connectivity index (χ1v) is 22.6. The second kappa shape index (κ2) is 26.4. The fraction of sp³-hybridized carbons (Fsp3) is 0.640. The molecule has 4 rings (SSSR count). The fourth-order valence-electron chi connectivity index (χ4n) is 8.24. The Labute approximate surface area is 340 Å². The molecular formula is C50H74O6. The normalized spacial score (nSPS) is 21.1. The number of benzene rings is 2. The molecule has 0 aromatic heterocycles. The molecule has 56 heavy (non-hydrogen) atoms. The average molecular weight is 771 g/mol. The van der Waals surface area contributed by atoms with Gasteiger partial charge in [-0.1, -0.05) is 115 Å². The van der Waals surface area contributed by atoms with Crippen molar-refractivity contribution in [1.82, 2.24) is 0 Å². The van der Waals surface area contributed by atoms with E-state index in [-0.39, 0.29) is 0 Å². The number of hydrogen-bond donors (Lipinski definition) is 0. The molecule has 0 amide bonds. The van der Waals surface area contributed by atoms with Gasteiger partial charge in [0.2, 0.25) is 0 Å². The lowest BCUT2D eigenvalue weighted by atomic mass is 9.79. The maximum absolute atomic E-state index is 12.9. The molecule has 2 saturated carbocycles. The van der Waals surface area contributed by atoms with Gasteiger partial charge in [-0.2, -0.15) is 0 Å². The Morgan fingerprint density at radius 2 is 0.893 bits per heavy atom. The highest BCUT2D eigenvalue weighted by molar-refractivity contribution is 5.90. The number of allylic oxidation sites excluding steroid dienone is 2. The van der Waals surface area contributed by atoms with E-state index in [2.05, 4.69) is 38.2 Å². The number of esters is 2. The molecule has 0 unspecified atom stereocenters. The molecule has 2 atom stereocenters. The highest BCUT2D eigenvalue weighted by Crippen LogP contribution is 2.34. The van der Waals surface area contributed by atoms with Crippen molar-refractivity contribution in [3.8, 4) is 11.5 Å². The molecule has 0 aliphatic heterocycles. The molecule has 0 radical (unpaired) electrons. The molecule has 6 heteroatoms. The minimum Gasteiger partial charge on any atom is -0.490 e. The molecule has 2 fully saturated rings. The molecule has 2 aromatic carbocycles. The van der Waals surface area contributed by atoms with E-state index in [4.69, 9.17) is 18.9 Å². The van der Waals surface area contributed by atoms with Crippen LogP contribution in [-0.2, 0) is 9.47 Å². The lowest BCUT2D eigenvalue weighted by Gasteiger charge is -2.26. The van der Waals surface area contributed by atoms with E-state index >= 15 is 0 Å². The summed E-state index contributed by atoms with van der Waals surface area (Å²) in [7, 11) is 0. The van der Waals surface area contributed by atoms with Crippen LogP contribution in [0.1, 0.15) is 177 Å². The molecular weight excluding hydrogens is 697 g/mol. The smallest absolute Gasteiger partial charge is 0.338 e. The third-order valence-corrected chi connectivity index (χ3v) is 12.2. The van der Waals surface area contributed by atoms with Crippen LogP contribution in [0.5, 0.6) is 11.5 Å². The molecule has 0 N–H and O–H groups in total. The van der Waals surface area contributed by atoms with Gasteiger partial charge in [0, 0.05) is 0 Å². The van der Waals surface area contributed by atoms with Crippen LogP contribution >= 0.6 is 0 Å². The van der Waals surface area contributed by atoms with Crippen LogP contribution in [0.15, 0.2) is 72.8 Å². The first-order chi connectivity index (χ1) is 27.3. The molecule has 0 heterocycles. The third-order valence-electron chi connectivity index (χ3n) is 12.2. The zero-order chi connectivity index (χ0) is 39.8. The zero-order valence-corrected chi connectivity index (χ0v) is 35.4. The topological polar surface area (TPSA) is 71.1 Å². The van der Waals surface area contributed by atoms with Crippen molar-refractivity contribution in [2.75, 3.05) is 13.2 Å². The van der Waals surface area contributed by atoms with Gasteiger partial charge in [0.1, 0.15) is 36.9 Å². The van der Waals surface area contributed by atoms with Gasteiger partial charge in [0.05, 0.1) is 11.1 Å². The molecule has 310 valence electrons. The number of unbranched alkanes of at least 4 members (excludes halogenated alkanes) is 8. The molecule has 0 bridgehead atoms. The number of rotatable bonds is 25. The maximum atomic E-state index is 12.9. The summed E-state index contributed by atoms with van der Waals surface area (Å²) in [5.74, 6) is 3.61. The minimum absolute atomic E-state index is 0.418. The van der Waals surface area contributed by atoms with Crippen LogP contribution in [0.25, 0.3) is 0 Å². The Morgan fingerprint density at radius 1 is 0.536 bits per heavy atom. The van der Waals surface area contributed by atoms with Crippen molar-refractivity contribution in [3.63, 3.8) is 0 Å². The van der Waals surface area contributed by atoms with Crippen molar-refractivity contribution in [3.05, 3.63) is 84.0 Å². The van der Waals surface area contributed by atoms with E-state index in [0.717, 1.165) is 11.8 Å². The van der Waals surface area contributed by atoms with E-state index < -0.39 is 24.1 Å². The Kier molecular flexibility index (Phi) is 21.3. The summed E-state index contributed by atoms with van der Waals surface area (Å²) >= 11 is 0. The monoisotopic (exact) mass is 771 g/mol. The quantitative estimate of drug-likeness (QED) is 0.0569. The lowest BCUT2D eigenvalue weighted by molar-refractivity contribution is -0.0239. The molecule has 2 aliphatic rings. The van der Waals surface area contributed by atoms with Gasteiger partial charge in [-0.25, -0.2) is 9.59 Å². The first kappa shape index (κ1) is 45.2. The Bertz CT molecular complexity index is 1300. The molecule has 0 spiro atoms. The van der Waals surface area contributed by atoms with Crippen molar-refractivity contribution >= 4 is 11.9 Å². The predicted octanol–water partition coefficient (Wildman–Crippen LogP) is 13.7. The van der Waals surface area contributed by atoms with Crippen molar-refractivity contribution < 1.29 is 28.5 Å².